The topological polar surface area (TPSA) is 61.6 Å². The van der Waals surface area contributed by atoms with Crippen LogP contribution in [-0.4, -0.2) is 30.6 Å². The summed E-state index contributed by atoms with van der Waals surface area (Å²) in [5.74, 6) is -0.675. The van der Waals surface area contributed by atoms with Gasteiger partial charge in [-0.05, 0) is 0 Å². The largest absolute Gasteiger partial charge is 0.463 e. The van der Waals surface area contributed by atoms with E-state index in [2.05, 4.69) is 4.74 Å². The Morgan fingerprint density at radius 1 is 1.43 bits per heavy atom. The van der Waals surface area contributed by atoms with Gasteiger partial charge in [-0.3, -0.25) is 5.21 Å². The van der Waals surface area contributed by atoms with E-state index in [9.17, 15) is 10.0 Å². The molecule has 0 rings (SSSR count). The van der Waals surface area contributed by atoms with Crippen LogP contribution in [0.25, 0.3) is 0 Å². The second-order valence-corrected chi connectivity index (χ2v) is 2.88. The maximum Gasteiger partial charge on any atom is 0.404 e. The van der Waals surface area contributed by atoms with Crippen molar-refractivity contribution in [3.05, 3.63) is 5.21 Å². The number of hydrogen-bond donors (Lipinski definition) is 0. The lowest BCUT2D eigenvalue weighted by molar-refractivity contribution is -0.701. The Hall–Kier alpha value is -1.20. The lowest BCUT2D eigenvalue weighted by atomic mass is 9.63. The minimum atomic E-state index is -0.675. The van der Waals surface area contributed by atoms with Gasteiger partial charge in [-0.15, -0.1) is 0 Å². The molecule has 80 valence electrons. The molecule has 6 heteroatoms. The molecule has 0 aliphatic heterocycles. The van der Waals surface area contributed by atoms with Gasteiger partial charge in [0.2, 0.25) is 0 Å². The molecule has 0 aliphatic carbocycles. The first kappa shape index (κ1) is 12.8. The fourth-order valence-electron chi connectivity index (χ4n) is 0.874. The second-order valence-electron chi connectivity index (χ2n) is 2.88. The van der Waals surface area contributed by atoms with Crippen LogP contribution in [0.15, 0.2) is 0 Å². The van der Waals surface area contributed by atoms with Crippen molar-refractivity contribution >= 4 is 18.6 Å². The maximum atomic E-state index is 11.2. The minimum Gasteiger partial charge on any atom is -0.463 e. The van der Waals surface area contributed by atoms with E-state index < -0.39 is 5.97 Å². The van der Waals surface area contributed by atoms with Crippen LogP contribution in [0.1, 0.15) is 20.8 Å². The Morgan fingerprint density at radius 2 is 1.93 bits per heavy atom. The summed E-state index contributed by atoms with van der Waals surface area (Å²) in [7, 11) is 1.22. The summed E-state index contributed by atoms with van der Waals surface area (Å²) in [4.78, 5) is 11.2. The predicted molar refractivity (Wildman–Crippen MR) is 54.1 cm³/mol. The molecule has 5 nitrogen and oxygen atoms in total. The zero-order valence-electron chi connectivity index (χ0n) is 9.07. The standard InChI is InChI=1S/C8H16BNO4/c1-5-9(6-2)14-10(12)7(3)8(11)13-4/h5-6H2,1-4H3/b10-7+. The van der Waals surface area contributed by atoms with Crippen LogP contribution in [0, 0.1) is 5.21 Å². The quantitative estimate of drug-likeness (QED) is 0.219. The van der Waals surface area contributed by atoms with Gasteiger partial charge in [-0.1, -0.05) is 26.5 Å². The third-order valence-corrected chi connectivity index (χ3v) is 1.91. The molecule has 0 bridgehead atoms. The summed E-state index contributed by atoms with van der Waals surface area (Å²) in [6, 6.07) is 0. The highest BCUT2D eigenvalue weighted by molar-refractivity contribution is 6.51. The van der Waals surface area contributed by atoms with E-state index in [1.54, 1.807) is 0 Å². The van der Waals surface area contributed by atoms with E-state index in [-0.39, 0.29) is 17.5 Å². The summed E-state index contributed by atoms with van der Waals surface area (Å²) in [6.45, 7) is 5.03. The number of carbonyl (C=O) groups excluding carboxylic acids is 1. The molecule has 0 unspecified atom stereocenters. The van der Waals surface area contributed by atoms with Crippen molar-refractivity contribution in [2.75, 3.05) is 7.11 Å². The fourth-order valence-corrected chi connectivity index (χ4v) is 0.874. The molecule has 0 aromatic heterocycles. The molecule has 0 aromatic rings. The van der Waals surface area contributed by atoms with Gasteiger partial charge in [0.15, 0.2) is 0 Å². The summed E-state index contributed by atoms with van der Waals surface area (Å²) in [5.41, 5.74) is -0.0978. The van der Waals surface area contributed by atoms with E-state index in [1.165, 1.54) is 14.0 Å². The van der Waals surface area contributed by atoms with Crippen molar-refractivity contribution in [2.45, 2.75) is 33.4 Å². The first-order valence-corrected chi connectivity index (χ1v) is 4.62. The van der Waals surface area contributed by atoms with Crippen molar-refractivity contribution in [2.24, 2.45) is 0 Å². The first-order chi connectivity index (χ1) is 6.56. The number of methoxy groups -OCH3 is 1. The smallest absolute Gasteiger partial charge is 0.404 e. The number of rotatable bonds is 5. The Morgan fingerprint density at radius 3 is 2.29 bits per heavy atom. The third kappa shape index (κ3) is 3.68. The van der Waals surface area contributed by atoms with E-state index in [0.717, 1.165) is 12.6 Å². The van der Waals surface area contributed by atoms with Gasteiger partial charge < -0.3 is 9.49 Å². The number of hydrogen-bond acceptors (Lipinski definition) is 4. The van der Waals surface area contributed by atoms with E-state index >= 15 is 0 Å². The molecule has 0 aliphatic rings. The summed E-state index contributed by atoms with van der Waals surface area (Å²) in [6.07, 6.45) is 1.45. The summed E-state index contributed by atoms with van der Waals surface area (Å²) in [5, 5.41) is 11.2. The highest BCUT2D eigenvalue weighted by Gasteiger charge is 2.19. The average Bonchev–Trinajstić information content (AvgIpc) is 2.23. The Balaban J connectivity index is 4.42. The van der Waals surface area contributed by atoms with Gasteiger partial charge >= 0.3 is 11.7 Å². The number of carbonyl (C=O) groups is 1. The lowest BCUT2D eigenvalue weighted by Crippen LogP contribution is -2.29. The second kappa shape index (κ2) is 6.29. The van der Waals surface area contributed by atoms with Gasteiger partial charge in [-0.2, -0.15) is 0 Å². The molecule has 0 fully saturated rings. The maximum absolute atomic E-state index is 11.2. The van der Waals surface area contributed by atoms with Gasteiger partial charge in [0.25, 0.3) is 6.92 Å². The summed E-state index contributed by atoms with van der Waals surface area (Å²) >= 11 is 0. The molecule has 0 spiro atoms. The molecule has 0 saturated carbocycles. The van der Waals surface area contributed by atoms with Gasteiger partial charge in [0, 0.05) is 11.8 Å². The van der Waals surface area contributed by atoms with Crippen LogP contribution in [0.3, 0.4) is 0 Å². The molecule has 0 saturated heterocycles. The van der Waals surface area contributed by atoms with E-state index in [0.29, 0.717) is 0 Å². The molecule has 0 aromatic carbocycles. The van der Waals surface area contributed by atoms with Crippen molar-refractivity contribution in [1.82, 2.24) is 0 Å². The highest BCUT2D eigenvalue weighted by atomic mass is 16.8. The van der Waals surface area contributed by atoms with Crippen molar-refractivity contribution in [3.63, 3.8) is 0 Å². The predicted octanol–water partition coefficient (Wildman–Crippen LogP) is 1.09. The molecule has 14 heavy (non-hydrogen) atoms. The van der Waals surface area contributed by atoms with Crippen LogP contribution in [0.2, 0.25) is 12.6 Å². The van der Waals surface area contributed by atoms with Gasteiger partial charge in [-0.25, -0.2) is 4.79 Å². The molecule has 0 amide bonds. The number of esters is 1. The van der Waals surface area contributed by atoms with Crippen LogP contribution in [0.5, 0.6) is 0 Å². The van der Waals surface area contributed by atoms with Crippen LogP contribution < -0.4 is 0 Å². The minimum absolute atomic E-state index is 0.0978. The van der Waals surface area contributed by atoms with E-state index in [4.69, 9.17) is 4.76 Å². The highest BCUT2D eigenvalue weighted by Crippen LogP contribution is 2.00. The van der Waals surface area contributed by atoms with Gasteiger partial charge in [0.05, 0.1) is 7.11 Å². The van der Waals surface area contributed by atoms with Crippen LogP contribution >= 0.6 is 0 Å². The molecule has 0 radical (unpaired) electrons. The van der Waals surface area contributed by atoms with Crippen LogP contribution in [-0.2, 0) is 14.3 Å². The van der Waals surface area contributed by atoms with Crippen molar-refractivity contribution < 1.29 is 19.2 Å². The van der Waals surface area contributed by atoms with E-state index in [1.807, 2.05) is 13.8 Å². The molecule has 0 N–H and O–H groups in total. The van der Waals surface area contributed by atoms with Gasteiger partial charge in [0.1, 0.15) is 0 Å². The monoisotopic (exact) mass is 201 g/mol. The number of nitrogens with zero attached hydrogens (tertiary/aromatic N) is 1. The zero-order chi connectivity index (χ0) is 11.1. The normalized spacial score (nSPS) is 11.7. The average molecular weight is 201 g/mol. The lowest BCUT2D eigenvalue weighted by Gasteiger charge is -2.13. The zero-order valence-corrected chi connectivity index (χ0v) is 9.07. The molecule has 0 heterocycles. The fraction of sp³-hybridized carbons (Fsp3) is 0.750. The SMILES string of the molecule is CCB(CC)O/[N+]([O-])=C(\C)C(=O)OC. The molecular weight excluding hydrogens is 185 g/mol. The third-order valence-electron chi connectivity index (χ3n) is 1.91. The Bertz CT molecular complexity index is 225. The Labute approximate surface area is 84.3 Å². The first-order valence-electron chi connectivity index (χ1n) is 4.62. The molecular formula is C8H16BNO4. The van der Waals surface area contributed by atoms with Crippen LogP contribution in [0.4, 0.5) is 0 Å². The van der Waals surface area contributed by atoms with Crippen molar-refractivity contribution in [1.29, 1.82) is 0 Å². The van der Waals surface area contributed by atoms with Crippen molar-refractivity contribution in [3.8, 4) is 0 Å². The Kier molecular flexibility index (Phi) is 5.75. The molecule has 0 atom stereocenters. The summed E-state index contributed by atoms with van der Waals surface area (Å²) < 4.78 is 9.36. The number of ether oxygens (including phenoxy) is 1.